The van der Waals surface area contributed by atoms with Gasteiger partial charge in [0.2, 0.25) is 5.91 Å². The van der Waals surface area contributed by atoms with E-state index >= 15 is 0 Å². The minimum absolute atomic E-state index is 0.0121. The first-order chi connectivity index (χ1) is 12.6. The van der Waals surface area contributed by atoms with Crippen molar-refractivity contribution >= 4 is 17.4 Å². The van der Waals surface area contributed by atoms with Crippen molar-refractivity contribution in [3.63, 3.8) is 0 Å². The van der Waals surface area contributed by atoms with Crippen LogP contribution < -0.4 is 16.4 Å². The number of benzene rings is 1. The zero-order valence-corrected chi connectivity index (χ0v) is 14.8. The highest BCUT2D eigenvalue weighted by Crippen LogP contribution is 2.39. The number of nitrogen functional groups attached to an aromatic ring is 1. The summed E-state index contributed by atoms with van der Waals surface area (Å²) in [6.45, 7) is 2.65. The third-order valence-corrected chi connectivity index (χ3v) is 5.50. The summed E-state index contributed by atoms with van der Waals surface area (Å²) in [5.41, 5.74) is 8.57. The molecular formula is C19H25N5O2. The number of ether oxygens (including phenoxy) is 1. The molecule has 2 saturated heterocycles. The second-order valence-electron chi connectivity index (χ2n) is 7.44. The van der Waals surface area contributed by atoms with Crippen molar-refractivity contribution in [2.24, 2.45) is 5.41 Å². The second-order valence-corrected chi connectivity index (χ2v) is 7.44. The van der Waals surface area contributed by atoms with Crippen LogP contribution in [0.4, 0.5) is 11.5 Å². The van der Waals surface area contributed by atoms with Gasteiger partial charge in [-0.3, -0.25) is 9.89 Å². The molecule has 1 aromatic heterocycles. The maximum absolute atomic E-state index is 12.4. The number of carbonyl (C=O) groups excluding carboxylic acids is 1. The minimum atomic E-state index is -0.0121. The quantitative estimate of drug-likeness (QED) is 0.629. The molecule has 1 unspecified atom stereocenters. The molecule has 7 heteroatoms. The van der Waals surface area contributed by atoms with Crippen molar-refractivity contribution in [3.05, 3.63) is 30.3 Å². The van der Waals surface area contributed by atoms with Gasteiger partial charge in [-0.25, -0.2) is 0 Å². The molecule has 3 heterocycles. The van der Waals surface area contributed by atoms with Crippen molar-refractivity contribution in [2.75, 3.05) is 30.8 Å². The molecular weight excluding hydrogens is 330 g/mol. The Labute approximate surface area is 152 Å². The molecule has 0 bridgehead atoms. The highest BCUT2D eigenvalue weighted by molar-refractivity contribution is 5.90. The number of aromatic amines is 1. The van der Waals surface area contributed by atoms with E-state index in [9.17, 15) is 4.79 Å². The molecule has 1 amide bonds. The number of aromatic nitrogens is 2. The summed E-state index contributed by atoms with van der Waals surface area (Å²) >= 11 is 0. The average Bonchev–Trinajstić information content (AvgIpc) is 3.24. The number of carbonyl (C=O) groups is 1. The van der Waals surface area contributed by atoms with Crippen molar-refractivity contribution in [2.45, 2.75) is 31.7 Å². The maximum Gasteiger partial charge on any atom is 0.227 e. The van der Waals surface area contributed by atoms with E-state index < -0.39 is 0 Å². The maximum atomic E-state index is 12.4. The third-order valence-electron chi connectivity index (χ3n) is 5.50. The van der Waals surface area contributed by atoms with Crippen LogP contribution in [-0.2, 0) is 9.53 Å². The Bertz CT molecular complexity index is 764. The Morgan fingerprint density at radius 3 is 2.85 bits per heavy atom. The normalized spacial score (nSPS) is 21.8. The topological polar surface area (TPSA) is 105 Å². The molecule has 2 fully saturated rings. The van der Waals surface area contributed by atoms with Crippen LogP contribution in [0.3, 0.4) is 0 Å². The number of rotatable bonds is 4. The largest absolute Gasteiger partial charge is 0.399 e. The first-order valence-electron chi connectivity index (χ1n) is 9.14. The molecule has 1 spiro atoms. The van der Waals surface area contributed by atoms with E-state index in [-0.39, 0.29) is 11.9 Å². The molecule has 2 aliphatic rings. The molecule has 0 aliphatic carbocycles. The van der Waals surface area contributed by atoms with Gasteiger partial charge in [-0.05, 0) is 42.4 Å². The van der Waals surface area contributed by atoms with Gasteiger partial charge >= 0.3 is 0 Å². The summed E-state index contributed by atoms with van der Waals surface area (Å²) < 4.78 is 5.47. The highest BCUT2D eigenvalue weighted by atomic mass is 16.5. The summed E-state index contributed by atoms with van der Waals surface area (Å²) in [7, 11) is 0. The first kappa shape index (κ1) is 17.1. The van der Waals surface area contributed by atoms with E-state index in [1.807, 2.05) is 30.3 Å². The van der Waals surface area contributed by atoms with E-state index in [0.717, 1.165) is 50.3 Å². The van der Waals surface area contributed by atoms with Crippen LogP contribution in [0.5, 0.6) is 0 Å². The average molecular weight is 355 g/mol. The van der Waals surface area contributed by atoms with Gasteiger partial charge in [0.25, 0.3) is 0 Å². The Morgan fingerprint density at radius 2 is 2.08 bits per heavy atom. The van der Waals surface area contributed by atoms with Crippen LogP contribution in [0.2, 0.25) is 0 Å². The van der Waals surface area contributed by atoms with Crippen molar-refractivity contribution in [3.8, 4) is 11.3 Å². The number of H-pyrrole nitrogens is 1. The summed E-state index contributed by atoms with van der Waals surface area (Å²) in [6, 6.07) is 9.59. The van der Waals surface area contributed by atoms with E-state index in [1.165, 1.54) is 0 Å². The van der Waals surface area contributed by atoms with Crippen LogP contribution in [-0.4, -0.2) is 41.9 Å². The second kappa shape index (κ2) is 7.09. The molecule has 2 aliphatic heterocycles. The Kier molecular flexibility index (Phi) is 4.65. The smallest absolute Gasteiger partial charge is 0.227 e. The molecule has 7 nitrogen and oxygen atoms in total. The Morgan fingerprint density at radius 1 is 1.31 bits per heavy atom. The Hall–Kier alpha value is -2.38. The van der Waals surface area contributed by atoms with Crippen molar-refractivity contribution in [1.29, 1.82) is 0 Å². The molecule has 138 valence electrons. The van der Waals surface area contributed by atoms with Crippen LogP contribution in [0, 0.1) is 5.41 Å². The van der Waals surface area contributed by atoms with Gasteiger partial charge in [0, 0.05) is 44.0 Å². The van der Waals surface area contributed by atoms with Gasteiger partial charge in [-0.1, -0.05) is 12.1 Å². The summed E-state index contributed by atoms with van der Waals surface area (Å²) in [5.74, 6) is 0.530. The van der Waals surface area contributed by atoms with E-state index in [0.29, 0.717) is 23.3 Å². The number of anilines is 2. The van der Waals surface area contributed by atoms with Crippen molar-refractivity contribution in [1.82, 2.24) is 15.5 Å². The molecule has 26 heavy (non-hydrogen) atoms. The minimum Gasteiger partial charge on any atom is -0.399 e. The monoisotopic (exact) mass is 355 g/mol. The summed E-state index contributed by atoms with van der Waals surface area (Å²) in [6.07, 6.45) is 3.68. The highest BCUT2D eigenvalue weighted by Gasteiger charge is 2.40. The fourth-order valence-electron chi connectivity index (χ4n) is 3.97. The molecule has 5 N–H and O–H groups in total. The fourth-order valence-corrected chi connectivity index (χ4v) is 3.97. The van der Waals surface area contributed by atoms with Gasteiger partial charge < -0.3 is 21.1 Å². The number of nitrogens with zero attached hydrogens (tertiary/aromatic N) is 1. The van der Waals surface area contributed by atoms with Crippen LogP contribution in [0.15, 0.2) is 30.3 Å². The standard InChI is InChI=1S/C19H25N5O2/c20-14-3-1-13(2-4-14)16-10-17(24-23-16)22-18(25)9-15-11-19(12-21-15)5-7-26-8-6-19/h1-4,10,15,21H,5-9,11-12,20H2,(H2,22,23,24,25). The summed E-state index contributed by atoms with van der Waals surface area (Å²) in [4.78, 5) is 12.4. The van der Waals surface area contributed by atoms with Gasteiger partial charge in [0.05, 0.1) is 5.69 Å². The lowest BCUT2D eigenvalue weighted by Gasteiger charge is -2.32. The Balaban J connectivity index is 1.32. The number of nitrogens with one attached hydrogen (secondary N) is 3. The summed E-state index contributed by atoms with van der Waals surface area (Å²) in [5, 5.41) is 13.5. The molecule has 2 aromatic rings. The number of hydrogen-bond donors (Lipinski definition) is 4. The van der Waals surface area contributed by atoms with Gasteiger partial charge in [-0.15, -0.1) is 0 Å². The predicted molar refractivity (Wildman–Crippen MR) is 101 cm³/mol. The lowest BCUT2D eigenvalue weighted by atomic mass is 9.78. The molecule has 4 rings (SSSR count). The van der Waals surface area contributed by atoms with E-state index in [4.69, 9.17) is 10.5 Å². The zero-order valence-electron chi connectivity index (χ0n) is 14.8. The zero-order chi connectivity index (χ0) is 18.0. The van der Waals surface area contributed by atoms with Gasteiger partial charge in [-0.2, -0.15) is 5.10 Å². The van der Waals surface area contributed by atoms with Crippen LogP contribution >= 0.6 is 0 Å². The van der Waals surface area contributed by atoms with E-state index in [1.54, 1.807) is 0 Å². The lowest BCUT2D eigenvalue weighted by Crippen LogP contribution is -2.31. The SMILES string of the molecule is Nc1ccc(-c2cc(NC(=O)CC3CC4(CCOCC4)CN3)n[nH]2)cc1. The fraction of sp³-hybridized carbons (Fsp3) is 0.474. The predicted octanol–water partition coefficient (Wildman–Crippen LogP) is 2.15. The first-order valence-corrected chi connectivity index (χ1v) is 9.14. The molecule has 0 saturated carbocycles. The molecule has 0 radical (unpaired) electrons. The number of amides is 1. The number of hydrogen-bond acceptors (Lipinski definition) is 5. The molecule has 1 aromatic carbocycles. The third kappa shape index (κ3) is 3.73. The van der Waals surface area contributed by atoms with Crippen LogP contribution in [0.25, 0.3) is 11.3 Å². The lowest BCUT2D eigenvalue weighted by molar-refractivity contribution is -0.116. The molecule has 1 atom stereocenters. The van der Waals surface area contributed by atoms with Gasteiger partial charge in [0.1, 0.15) is 0 Å². The van der Waals surface area contributed by atoms with E-state index in [2.05, 4.69) is 20.8 Å². The van der Waals surface area contributed by atoms with Crippen LogP contribution in [0.1, 0.15) is 25.7 Å². The van der Waals surface area contributed by atoms with Crippen molar-refractivity contribution < 1.29 is 9.53 Å². The van der Waals surface area contributed by atoms with Gasteiger partial charge in [0.15, 0.2) is 5.82 Å². The number of nitrogens with two attached hydrogens (primary N) is 1.